The number of piperidine rings is 1. The Hall–Kier alpha value is -0.810. The smallest absolute Gasteiger partial charge is 0.410 e. The van der Waals surface area contributed by atoms with E-state index in [0.29, 0.717) is 5.92 Å². The molecule has 1 aliphatic heterocycles. The van der Waals surface area contributed by atoms with E-state index in [9.17, 15) is 4.79 Å². The van der Waals surface area contributed by atoms with E-state index in [1.807, 2.05) is 25.7 Å². The first-order valence-electron chi connectivity index (χ1n) is 8.68. The molecule has 0 saturated carbocycles. The fourth-order valence-corrected chi connectivity index (χ4v) is 2.45. The first kappa shape index (κ1) is 19.2. The number of likely N-dealkylation sites (tertiary alicyclic amines) is 1. The second-order valence-electron chi connectivity index (χ2n) is 7.08. The number of carbonyl (C=O) groups is 1. The molecule has 0 bridgehead atoms. The standard InChI is InChI=1S/C17H34N2O3/c1-5-6-12-21-13-9-18-14-15-7-10-19(11-8-15)16(20)22-17(2,3)4/h15,18H,5-14H2,1-4H3. The fraction of sp³-hybridized carbons (Fsp3) is 0.941. The molecule has 1 amide bonds. The third kappa shape index (κ3) is 8.59. The molecular formula is C17H34N2O3. The molecular weight excluding hydrogens is 280 g/mol. The van der Waals surface area contributed by atoms with E-state index in [0.717, 1.165) is 58.7 Å². The summed E-state index contributed by atoms with van der Waals surface area (Å²) in [4.78, 5) is 13.8. The molecule has 130 valence electrons. The highest BCUT2D eigenvalue weighted by Crippen LogP contribution is 2.19. The predicted octanol–water partition coefficient (Wildman–Crippen LogP) is 3.04. The van der Waals surface area contributed by atoms with Gasteiger partial charge in [0.05, 0.1) is 6.61 Å². The van der Waals surface area contributed by atoms with E-state index in [-0.39, 0.29) is 6.09 Å². The number of hydrogen-bond acceptors (Lipinski definition) is 4. The number of hydrogen-bond donors (Lipinski definition) is 1. The number of nitrogens with one attached hydrogen (secondary N) is 1. The van der Waals surface area contributed by atoms with Crippen LogP contribution >= 0.6 is 0 Å². The molecule has 1 saturated heterocycles. The Morgan fingerprint density at radius 3 is 2.50 bits per heavy atom. The largest absolute Gasteiger partial charge is 0.444 e. The molecule has 22 heavy (non-hydrogen) atoms. The molecule has 1 rings (SSSR count). The Morgan fingerprint density at radius 1 is 1.23 bits per heavy atom. The third-order valence-electron chi connectivity index (χ3n) is 3.76. The van der Waals surface area contributed by atoms with E-state index in [1.165, 1.54) is 6.42 Å². The van der Waals surface area contributed by atoms with E-state index in [4.69, 9.17) is 9.47 Å². The summed E-state index contributed by atoms with van der Waals surface area (Å²) in [7, 11) is 0. The van der Waals surface area contributed by atoms with Crippen molar-refractivity contribution in [2.45, 2.75) is 59.0 Å². The lowest BCUT2D eigenvalue weighted by Crippen LogP contribution is -2.43. The van der Waals surface area contributed by atoms with Gasteiger partial charge < -0.3 is 19.7 Å². The van der Waals surface area contributed by atoms with Gasteiger partial charge in [0, 0.05) is 26.2 Å². The van der Waals surface area contributed by atoms with Gasteiger partial charge in [-0.1, -0.05) is 13.3 Å². The van der Waals surface area contributed by atoms with Gasteiger partial charge in [0.15, 0.2) is 0 Å². The van der Waals surface area contributed by atoms with Gasteiger partial charge in [-0.25, -0.2) is 4.79 Å². The first-order chi connectivity index (χ1) is 10.4. The van der Waals surface area contributed by atoms with E-state index >= 15 is 0 Å². The van der Waals surface area contributed by atoms with Crippen molar-refractivity contribution in [3.63, 3.8) is 0 Å². The van der Waals surface area contributed by atoms with Crippen molar-refractivity contribution >= 4 is 6.09 Å². The number of carbonyl (C=O) groups excluding carboxylic acids is 1. The van der Waals surface area contributed by atoms with Crippen LogP contribution < -0.4 is 5.32 Å². The number of unbranched alkanes of at least 4 members (excludes halogenated alkanes) is 1. The molecule has 5 heteroatoms. The van der Waals surface area contributed by atoms with E-state index in [2.05, 4.69) is 12.2 Å². The highest BCUT2D eigenvalue weighted by Gasteiger charge is 2.26. The Morgan fingerprint density at radius 2 is 1.91 bits per heavy atom. The summed E-state index contributed by atoms with van der Waals surface area (Å²) in [5.41, 5.74) is -0.409. The average Bonchev–Trinajstić information content (AvgIpc) is 2.45. The van der Waals surface area contributed by atoms with Crippen molar-refractivity contribution < 1.29 is 14.3 Å². The van der Waals surface area contributed by atoms with Gasteiger partial charge in [-0.2, -0.15) is 0 Å². The van der Waals surface area contributed by atoms with Crippen molar-refractivity contribution in [2.24, 2.45) is 5.92 Å². The Balaban J connectivity index is 2.06. The minimum atomic E-state index is -0.409. The van der Waals surface area contributed by atoms with E-state index < -0.39 is 5.60 Å². The van der Waals surface area contributed by atoms with Crippen LogP contribution in [0, 0.1) is 5.92 Å². The molecule has 0 spiro atoms. The lowest BCUT2D eigenvalue weighted by molar-refractivity contribution is 0.0183. The van der Waals surface area contributed by atoms with Crippen LogP contribution in [0.1, 0.15) is 53.4 Å². The highest BCUT2D eigenvalue weighted by molar-refractivity contribution is 5.68. The number of rotatable bonds is 8. The Kier molecular flexibility index (Phi) is 8.79. The molecule has 1 heterocycles. The van der Waals surface area contributed by atoms with Crippen LogP contribution in [0.4, 0.5) is 4.79 Å². The normalized spacial score (nSPS) is 16.8. The summed E-state index contributed by atoms with van der Waals surface area (Å²) >= 11 is 0. The van der Waals surface area contributed by atoms with Crippen LogP contribution in [0.15, 0.2) is 0 Å². The zero-order chi connectivity index (χ0) is 16.4. The van der Waals surface area contributed by atoms with Gasteiger partial charge in [-0.05, 0) is 52.5 Å². The molecule has 0 aromatic heterocycles. The second kappa shape index (κ2) is 10.1. The van der Waals surface area contributed by atoms with Crippen molar-refractivity contribution in [3.05, 3.63) is 0 Å². The SMILES string of the molecule is CCCCOCCNCC1CCN(C(=O)OC(C)(C)C)CC1. The van der Waals surface area contributed by atoms with Gasteiger partial charge in [0.2, 0.25) is 0 Å². The second-order valence-corrected chi connectivity index (χ2v) is 7.08. The Bertz CT molecular complexity index is 308. The van der Waals surface area contributed by atoms with Gasteiger partial charge in [0.1, 0.15) is 5.60 Å². The maximum atomic E-state index is 12.0. The van der Waals surface area contributed by atoms with Gasteiger partial charge in [-0.15, -0.1) is 0 Å². The molecule has 0 atom stereocenters. The summed E-state index contributed by atoms with van der Waals surface area (Å²) in [6.45, 7) is 13.1. The minimum absolute atomic E-state index is 0.178. The summed E-state index contributed by atoms with van der Waals surface area (Å²) < 4.78 is 10.9. The molecule has 1 aliphatic rings. The van der Waals surface area contributed by atoms with Crippen molar-refractivity contribution in [2.75, 3.05) is 39.4 Å². The lowest BCUT2D eigenvalue weighted by Gasteiger charge is -2.33. The predicted molar refractivity (Wildman–Crippen MR) is 89.1 cm³/mol. The lowest BCUT2D eigenvalue weighted by atomic mass is 9.97. The van der Waals surface area contributed by atoms with Crippen LogP contribution in [-0.2, 0) is 9.47 Å². The topological polar surface area (TPSA) is 50.8 Å². The molecule has 0 aliphatic carbocycles. The number of ether oxygens (including phenoxy) is 2. The van der Waals surface area contributed by atoms with Crippen LogP contribution in [0.2, 0.25) is 0 Å². The van der Waals surface area contributed by atoms with Crippen LogP contribution in [0.3, 0.4) is 0 Å². The summed E-state index contributed by atoms with van der Waals surface area (Å²) in [5.74, 6) is 0.648. The van der Waals surface area contributed by atoms with Crippen molar-refractivity contribution in [1.82, 2.24) is 10.2 Å². The van der Waals surface area contributed by atoms with Gasteiger partial charge in [0.25, 0.3) is 0 Å². The van der Waals surface area contributed by atoms with Crippen LogP contribution in [0.25, 0.3) is 0 Å². The summed E-state index contributed by atoms with van der Waals surface area (Å²) in [6.07, 6.45) is 4.24. The fourth-order valence-electron chi connectivity index (χ4n) is 2.45. The molecule has 0 aromatic carbocycles. The first-order valence-corrected chi connectivity index (χ1v) is 8.68. The number of nitrogens with zero attached hydrogens (tertiary/aromatic N) is 1. The Labute approximate surface area is 135 Å². The molecule has 5 nitrogen and oxygen atoms in total. The van der Waals surface area contributed by atoms with Crippen LogP contribution in [-0.4, -0.2) is 56.0 Å². The third-order valence-corrected chi connectivity index (χ3v) is 3.76. The maximum Gasteiger partial charge on any atom is 0.410 e. The highest BCUT2D eigenvalue weighted by atomic mass is 16.6. The molecule has 1 fully saturated rings. The molecule has 0 unspecified atom stereocenters. The zero-order valence-electron chi connectivity index (χ0n) is 14.8. The molecule has 0 aromatic rings. The summed E-state index contributed by atoms with van der Waals surface area (Å²) in [5, 5.41) is 3.45. The maximum absolute atomic E-state index is 12.0. The number of amides is 1. The molecule has 0 radical (unpaired) electrons. The van der Waals surface area contributed by atoms with Crippen LogP contribution in [0.5, 0.6) is 0 Å². The van der Waals surface area contributed by atoms with Gasteiger partial charge in [-0.3, -0.25) is 0 Å². The zero-order valence-corrected chi connectivity index (χ0v) is 14.8. The summed E-state index contributed by atoms with van der Waals surface area (Å²) in [6, 6.07) is 0. The average molecular weight is 314 g/mol. The minimum Gasteiger partial charge on any atom is -0.444 e. The van der Waals surface area contributed by atoms with E-state index in [1.54, 1.807) is 0 Å². The quantitative estimate of drug-likeness (QED) is 0.700. The monoisotopic (exact) mass is 314 g/mol. The van der Waals surface area contributed by atoms with Gasteiger partial charge >= 0.3 is 6.09 Å². The van der Waals surface area contributed by atoms with Crippen molar-refractivity contribution in [3.8, 4) is 0 Å². The molecule has 1 N–H and O–H groups in total. The van der Waals surface area contributed by atoms with Crippen molar-refractivity contribution in [1.29, 1.82) is 0 Å².